The standard InChI is InChI=1S/C14H17F3N4O4/c1-18-13(24)20-12(23)8-21(2)7-11(22)19-9-3-5-10(6-4-9)25-14(15,16)17/h3-6H,7-8H2,1-2H3,(H,19,22)(H2,18,20,23,24). The van der Waals surface area contributed by atoms with E-state index in [1.165, 1.54) is 31.1 Å². The summed E-state index contributed by atoms with van der Waals surface area (Å²) in [6.45, 7) is -0.360. The first-order chi connectivity index (χ1) is 11.6. The molecule has 0 atom stereocenters. The van der Waals surface area contributed by atoms with Crippen LogP contribution in [-0.4, -0.2) is 56.3 Å². The average Bonchev–Trinajstić information content (AvgIpc) is 2.47. The molecule has 0 aliphatic heterocycles. The monoisotopic (exact) mass is 362 g/mol. The molecule has 0 saturated heterocycles. The molecule has 138 valence electrons. The summed E-state index contributed by atoms with van der Waals surface area (Å²) in [7, 11) is 2.84. The van der Waals surface area contributed by atoms with Crippen molar-refractivity contribution in [3.63, 3.8) is 0 Å². The predicted molar refractivity (Wildman–Crippen MR) is 81.9 cm³/mol. The van der Waals surface area contributed by atoms with E-state index in [0.717, 1.165) is 12.1 Å². The fourth-order valence-electron chi connectivity index (χ4n) is 1.72. The number of hydrogen-bond acceptors (Lipinski definition) is 5. The Kier molecular flexibility index (Phi) is 7.18. The van der Waals surface area contributed by atoms with E-state index in [4.69, 9.17) is 0 Å². The van der Waals surface area contributed by atoms with Gasteiger partial charge in [0.15, 0.2) is 0 Å². The van der Waals surface area contributed by atoms with Crippen LogP contribution < -0.4 is 20.7 Å². The van der Waals surface area contributed by atoms with Gasteiger partial charge in [0.05, 0.1) is 13.1 Å². The van der Waals surface area contributed by atoms with Gasteiger partial charge in [0.1, 0.15) is 5.75 Å². The number of anilines is 1. The highest BCUT2D eigenvalue weighted by molar-refractivity contribution is 5.96. The van der Waals surface area contributed by atoms with Gasteiger partial charge >= 0.3 is 12.4 Å². The Bertz CT molecular complexity index is 619. The molecule has 1 aromatic carbocycles. The number of benzene rings is 1. The van der Waals surface area contributed by atoms with Gasteiger partial charge < -0.3 is 15.4 Å². The molecule has 0 aromatic heterocycles. The number of carbonyl (C=O) groups excluding carboxylic acids is 3. The molecule has 0 radical (unpaired) electrons. The fraction of sp³-hybridized carbons (Fsp3) is 0.357. The van der Waals surface area contributed by atoms with E-state index in [9.17, 15) is 27.6 Å². The van der Waals surface area contributed by atoms with Crippen molar-refractivity contribution in [1.82, 2.24) is 15.5 Å². The van der Waals surface area contributed by atoms with E-state index in [2.05, 4.69) is 15.4 Å². The molecule has 4 amide bonds. The van der Waals surface area contributed by atoms with Crippen LogP contribution in [0.1, 0.15) is 0 Å². The Hall–Kier alpha value is -2.82. The number of amides is 4. The lowest BCUT2D eigenvalue weighted by atomic mass is 10.3. The highest BCUT2D eigenvalue weighted by Gasteiger charge is 2.30. The minimum absolute atomic E-state index is 0.165. The van der Waals surface area contributed by atoms with E-state index >= 15 is 0 Å². The summed E-state index contributed by atoms with van der Waals surface area (Å²) in [5.41, 5.74) is 0.266. The van der Waals surface area contributed by atoms with Crippen molar-refractivity contribution in [3.8, 4) is 5.75 Å². The number of hydrogen-bond donors (Lipinski definition) is 3. The molecule has 0 fully saturated rings. The second-order valence-corrected chi connectivity index (χ2v) is 4.92. The highest BCUT2D eigenvalue weighted by Crippen LogP contribution is 2.23. The Balaban J connectivity index is 2.45. The van der Waals surface area contributed by atoms with Crippen LogP contribution in [0.5, 0.6) is 5.75 Å². The van der Waals surface area contributed by atoms with Crippen LogP contribution in [0.3, 0.4) is 0 Å². The molecule has 8 nitrogen and oxygen atoms in total. The minimum Gasteiger partial charge on any atom is -0.406 e. The molecule has 0 heterocycles. The smallest absolute Gasteiger partial charge is 0.406 e. The van der Waals surface area contributed by atoms with Crippen LogP contribution >= 0.6 is 0 Å². The van der Waals surface area contributed by atoms with E-state index < -0.39 is 30.0 Å². The average molecular weight is 362 g/mol. The Morgan fingerprint density at radius 2 is 1.64 bits per heavy atom. The molecule has 0 bridgehead atoms. The van der Waals surface area contributed by atoms with Gasteiger partial charge in [-0.15, -0.1) is 13.2 Å². The summed E-state index contributed by atoms with van der Waals surface area (Å²) in [6, 6.07) is 3.95. The van der Waals surface area contributed by atoms with Crippen LogP contribution in [0.15, 0.2) is 24.3 Å². The molecule has 0 spiro atoms. The van der Waals surface area contributed by atoms with Crippen molar-refractivity contribution in [2.24, 2.45) is 0 Å². The Labute approximate surface area is 141 Å². The first-order valence-electron chi connectivity index (χ1n) is 6.95. The van der Waals surface area contributed by atoms with Crippen molar-refractivity contribution in [2.75, 3.05) is 32.5 Å². The first-order valence-corrected chi connectivity index (χ1v) is 6.95. The van der Waals surface area contributed by atoms with Gasteiger partial charge in [0.2, 0.25) is 11.8 Å². The zero-order valence-corrected chi connectivity index (χ0v) is 13.4. The number of urea groups is 1. The summed E-state index contributed by atoms with van der Waals surface area (Å²) < 4.78 is 39.9. The Morgan fingerprint density at radius 3 is 2.16 bits per heavy atom. The maximum atomic E-state index is 12.0. The lowest BCUT2D eigenvalue weighted by Gasteiger charge is -2.15. The number of halogens is 3. The zero-order valence-electron chi connectivity index (χ0n) is 13.4. The fourth-order valence-corrected chi connectivity index (χ4v) is 1.72. The normalized spacial score (nSPS) is 11.0. The van der Waals surface area contributed by atoms with Crippen LogP contribution in [0.2, 0.25) is 0 Å². The molecule has 11 heteroatoms. The van der Waals surface area contributed by atoms with Crippen LogP contribution in [0.25, 0.3) is 0 Å². The van der Waals surface area contributed by atoms with E-state index in [1.54, 1.807) is 0 Å². The lowest BCUT2D eigenvalue weighted by molar-refractivity contribution is -0.274. The number of alkyl halides is 3. The molecule has 1 rings (SSSR count). The zero-order chi connectivity index (χ0) is 19.0. The van der Waals surface area contributed by atoms with E-state index in [0.29, 0.717) is 0 Å². The SMILES string of the molecule is CNC(=O)NC(=O)CN(C)CC(=O)Nc1ccc(OC(F)(F)F)cc1. The predicted octanol–water partition coefficient (Wildman–Crippen LogP) is 0.911. The number of nitrogens with zero attached hydrogens (tertiary/aromatic N) is 1. The van der Waals surface area contributed by atoms with Gasteiger partial charge in [-0.1, -0.05) is 0 Å². The largest absolute Gasteiger partial charge is 0.573 e. The second kappa shape index (κ2) is 8.87. The summed E-state index contributed by atoms with van der Waals surface area (Å²) in [6.07, 6.45) is -4.79. The third-order valence-electron chi connectivity index (χ3n) is 2.68. The topological polar surface area (TPSA) is 99.8 Å². The number of nitrogens with one attached hydrogen (secondary N) is 3. The first kappa shape index (κ1) is 20.2. The number of ether oxygens (including phenoxy) is 1. The highest BCUT2D eigenvalue weighted by atomic mass is 19.4. The van der Waals surface area contributed by atoms with Crippen molar-refractivity contribution >= 4 is 23.5 Å². The van der Waals surface area contributed by atoms with Gasteiger partial charge in [0.25, 0.3) is 0 Å². The number of rotatable bonds is 6. The second-order valence-electron chi connectivity index (χ2n) is 4.92. The Morgan fingerprint density at radius 1 is 1.08 bits per heavy atom. The van der Waals surface area contributed by atoms with E-state index in [1.807, 2.05) is 5.32 Å². The molecule has 0 saturated carbocycles. The van der Waals surface area contributed by atoms with E-state index in [-0.39, 0.29) is 18.8 Å². The lowest BCUT2D eigenvalue weighted by Crippen LogP contribution is -2.44. The van der Waals surface area contributed by atoms with Crippen molar-refractivity contribution in [2.45, 2.75) is 6.36 Å². The van der Waals surface area contributed by atoms with Gasteiger partial charge in [-0.25, -0.2) is 4.79 Å². The molecule has 0 aliphatic rings. The molecular formula is C14H17F3N4O4. The van der Waals surface area contributed by atoms with Gasteiger partial charge in [-0.3, -0.25) is 19.8 Å². The summed E-state index contributed by atoms with van der Waals surface area (Å²) in [5.74, 6) is -1.49. The number of likely N-dealkylation sites (N-methyl/N-ethyl adjacent to an activating group) is 1. The summed E-state index contributed by atoms with van der Waals surface area (Å²) in [4.78, 5) is 35.6. The quantitative estimate of drug-likeness (QED) is 0.699. The van der Waals surface area contributed by atoms with Crippen LogP contribution in [-0.2, 0) is 9.59 Å². The molecule has 3 N–H and O–H groups in total. The van der Waals surface area contributed by atoms with Gasteiger partial charge in [-0.05, 0) is 31.3 Å². The van der Waals surface area contributed by atoms with Gasteiger partial charge in [-0.2, -0.15) is 0 Å². The maximum Gasteiger partial charge on any atom is 0.573 e. The van der Waals surface area contributed by atoms with Crippen LogP contribution in [0, 0.1) is 0 Å². The number of carbonyl (C=O) groups is 3. The molecule has 0 aliphatic carbocycles. The number of imide groups is 1. The van der Waals surface area contributed by atoms with Crippen molar-refractivity contribution in [3.05, 3.63) is 24.3 Å². The molecule has 1 aromatic rings. The molecular weight excluding hydrogens is 345 g/mol. The third-order valence-corrected chi connectivity index (χ3v) is 2.68. The summed E-state index contributed by atoms with van der Waals surface area (Å²) >= 11 is 0. The van der Waals surface area contributed by atoms with Crippen LogP contribution in [0.4, 0.5) is 23.7 Å². The van der Waals surface area contributed by atoms with Gasteiger partial charge in [0, 0.05) is 12.7 Å². The summed E-state index contributed by atoms with van der Waals surface area (Å²) in [5, 5.41) is 6.71. The van der Waals surface area contributed by atoms with Crippen molar-refractivity contribution < 1.29 is 32.3 Å². The third kappa shape index (κ3) is 8.55. The molecule has 25 heavy (non-hydrogen) atoms. The minimum atomic E-state index is -4.79. The molecule has 0 unspecified atom stereocenters. The maximum absolute atomic E-state index is 12.0. The van der Waals surface area contributed by atoms with Crippen molar-refractivity contribution in [1.29, 1.82) is 0 Å².